The number of rotatable bonds is 2. The van der Waals surface area contributed by atoms with Gasteiger partial charge in [-0.15, -0.1) is 11.3 Å². The highest BCUT2D eigenvalue weighted by molar-refractivity contribution is 7.17. The van der Waals surface area contributed by atoms with Crippen LogP contribution in [0.1, 0.15) is 9.67 Å². The molecule has 0 spiro atoms. The van der Waals surface area contributed by atoms with Crippen molar-refractivity contribution in [3.63, 3.8) is 0 Å². The number of thiophene rings is 1. The number of benzene rings is 1. The van der Waals surface area contributed by atoms with Crippen LogP contribution in [0.3, 0.4) is 0 Å². The highest BCUT2D eigenvalue weighted by Gasteiger charge is 2.09. The Labute approximate surface area is 97.5 Å². The molecule has 0 fully saturated rings. The first kappa shape index (κ1) is 10.7. The molecule has 82 valence electrons. The van der Waals surface area contributed by atoms with Crippen LogP contribution in [0.15, 0.2) is 36.4 Å². The van der Waals surface area contributed by atoms with E-state index in [1.54, 1.807) is 6.07 Å². The van der Waals surface area contributed by atoms with Gasteiger partial charge < -0.3 is 10.5 Å². The summed E-state index contributed by atoms with van der Waals surface area (Å²) in [7, 11) is 1.38. The number of nitrogen functional groups attached to an aromatic ring is 1. The number of methoxy groups -OCH3 is 1. The zero-order chi connectivity index (χ0) is 11.5. The second kappa shape index (κ2) is 4.37. The van der Waals surface area contributed by atoms with Crippen LogP contribution in [0.5, 0.6) is 0 Å². The maximum Gasteiger partial charge on any atom is 0.348 e. The predicted molar refractivity (Wildman–Crippen MR) is 65.5 cm³/mol. The minimum atomic E-state index is -0.305. The summed E-state index contributed by atoms with van der Waals surface area (Å²) in [5, 5.41) is 0. The van der Waals surface area contributed by atoms with Crippen molar-refractivity contribution in [3.05, 3.63) is 41.3 Å². The van der Waals surface area contributed by atoms with Gasteiger partial charge in [0.05, 0.1) is 7.11 Å². The van der Waals surface area contributed by atoms with Crippen molar-refractivity contribution in [1.29, 1.82) is 0 Å². The summed E-state index contributed by atoms with van der Waals surface area (Å²) in [4.78, 5) is 12.9. The molecule has 0 amide bonds. The number of anilines is 1. The van der Waals surface area contributed by atoms with Gasteiger partial charge in [0.2, 0.25) is 0 Å². The number of ether oxygens (including phenoxy) is 1. The monoisotopic (exact) mass is 233 g/mol. The molecule has 1 heterocycles. The van der Waals surface area contributed by atoms with Crippen LogP contribution >= 0.6 is 11.3 Å². The Balaban J connectivity index is 2.35. The fraction of sp³-hybridized carbons (Fsp3) is 0.0833. The second-order valence-corrected chi connectivity index (χ2v) is 4.36. The molecule has 0 aliphatic heterocycles. The summed E-state index contributed by atoms with van der Waals surface area (Å²) in [6, 6.07) is 11.2. The van der Waals surface area contributed by atoms with E-state index in [0.29, 0.717) is 10.6 Å². The number of hydrogen-bond donors (Lipinski definition) is 1. The van der Waals surface area contributed by atoms with E-state index in [1.807, 2.05) is 30.3 Å². The van der Waals surface area contributed by atoms with Crippen molar-refractivity contribution in [2.45, 2.75) is 0 Å². The van der Waals surface area contributed by atoms with Gasteiger partial charge in [-0.2, -0.15) is 0 Å². The van der Waals surface area contributed by atoms with E-state index in [1.165, 1.54) is 18.4 Å². The third-order valence-corrected chi connectivity index (χ3v) is 3.28. The average Bonchev–Trinajstić information content (AvgIpc) is 2.77. The lowest BCUT2D eigenvalue weighted by Gasteiger charge is -1.98. The van der Waals surface area contributed by atoms with Crippen molar-refractivity contribution in [3.8, 4) is 10.4 Å². The Morgan fingerprint density at radius 3 is 2.81 bits per heavy atom. The summed E-state index contributed by atoms with van der Waals surface area (Å²) in [5.41, 5.74) is 7.43. The molecule has 2 N–H and O–H groups in total. The molecule has 1 aromatic heterocycles. The topological polar surface area (TPSA) is 52.3 Å². The Morgan fingerprint density at radius 2 is 2.12 bits per heavy atom. The molecular formula is C12H11NO2S. The van der Waals surface area contributed by atoms with Crippen LogP contribution in [0.2, 0.25) is 0 Å². The molecule has 1 aromatic carbocycles. The van der Waals surface area contributed by atoms with Gasteiger partial charge in [-0.05, 0) is 29.8 Å². The van der Waals surface area contributed by atoms with Gasteiger partial charge >= 0.3 is 5.97 Å². The molecular weight excluding hydrogens is 222 g/mol. The van der Waals surface area contributed by atoms with Gasteiger partial charge in [-0.25, -0.2) is 4.79 Å². The van der Waals surface area contributed by atoms with Crippen LogP contribution < -0.4 is 5.73 Å². The molecule has 3 nitrogen and oxygen atoms in total. The van der Waals surface area contributed by atoms with E-state index < -0.39 is 0 Å². The van der Waals surface area contributed by atoms with Crippen molar-refractivity contribution in [1.82, 2.24) is 0 Å². The van der Waals surface area contributed by atoms with E-state index in [9.17, 15) is 4.79 Å². The first-order valence-electron chi connectivity index (χ1n) is 4.75. The molecule has 2 rings (SSSR count). The minimum absolute atomic E-state index is 0.305. The molecule has 0 aliphatic rings. The fourth-order valence-corrected chi connectivity index (χ4v) is 2.32. The maximum atomic E-state index is 11.3. The molecule has 0 unspecified atom stereocenters. The normalized spacial score (nSPS) is 10.1. The zero-order valence-corrected chi connectivity index (χ0v) is 9.58. The molecule has 0 atom stereocenters. The van der Waals surface area contributed by atoms with Crippen LogP contribution in [0.25, 0.3) is 10.4 Å². The highest BCUT2D eigenvalue weighted by Crippen LogP contribution is 2.29. The number of nitrogens with two attached hydrogens (primary N) is 1. The molecule has 0 aliphatic carbocycles. The summed E-state index contributed by atoms with van der Waals surface area (Å²) in [6.07, 6.45) is 0. The van der Waals surface area contributed by atoms with Gasteiger partial charge in [-0.1, -0.05) is 12.1 Å². The standard InChI is InChI=1S/C12H11NO2S/c1-15-12(14)11-6-5-10(16-11)8-3-2-4-9(13)7-8/h2-7H,13H2,1H3. The molecule has 0 bridgehead atoms. The second-order valence-electron chi connectivity index (χ2n) is 3.28. The summed E-state index contributed by atoms with van der Waals surface area (Å²) >= 11 is 1.40. The molecule has 2 aromatic rings. The Hall–Kier alpha value is -1.81. The third kappa shape index (κ3) is 2.06. The summed E-state index contributed by atoms with van der Waals surface area (Å²) < 4.78 is 4.66. The Bertz CT molecular complexity index is 519. The van der Waals surface area contributed by atoms with E-state index in [4.69, 9.17) is 5.73 Å². The lowest BCUT2D eigenvalue weighted by Crippen LogP contribution is -1.96. The van der Waals surface area contributed by atoms with Gasteiger partial charge in [0.15, 0.2) is 0 Å². The summed E-state index contributed by atoms with van der Waals surface area (Å²) in [6.45, 7) is 0. The van der Waals surface area contributed by atoms with Crippen LogP contribution in [-0.2, 0) is 4.74 Å². The maximum absolute atomic E-state index is 11.3. The smallest absolute Gasteiger partial charge is 0.348 e. The number of carbonyl (C=O) groups excluding carboxylic acids is 1. The Kier molecular flexibility index (Phi) is 2.92. The van der Waals surface area contributed by atoms with E-state index in [2.05, 4.69) is 4.74 Å². The minimum Gasteiger partial charge on any atom is -0.465 e. The highest BCUT2D eigenvalue weighted by atomic mass is 32.1. The van der Waals surface area contributed by atoms with E-state index in [-0.39, 0.29) is 5.97 Å². The van der Waals surface area contributed by atoms with Crippen molar-refractivity contribution in [2.24, 2.45) is 0 Å². The van der Waals surface area contributed by atoms with Gasteiger partial charge in [0.25, 0.3) is 0 Å². The SMILES string of the molecule is COC(=O)c1ccc(-c2cccc(N)c2)s1. The third-order valence-electron chi connectivity index (χ3n) is 2.16. The van der Waals surface area contributed by atoms with Gasteiger partial charge in [-0.3, -0.25) is 0 Å². The van der Waals surface area contributed by atoms with Crippen molar-refractivity contribution >= 4 is 23.0 Å². The van der Waals surface area contributed by atoms with Crippen molar-refractivity contribution < 1.29 is 9.53 Å². The van der Waals surface area contributed by atoms with Crippen molar-refractivity contribution in [2.75, 3.05) is 12.8 Å². The van der Waals surface area contributed by atoms with Crippen LogP contribution in [-0.4, -0.2) is 13.1 Å². The average molecular weight is 233 g/mol. The quantitative estimate of drug-likeness (QED) is 0.641. The van der Waals surface area contributed by atoms with Crippen LogP contribution in [0, 0.1) is 0 Å². The molecule has 0 saturated carbocycles. The number of esters is 1. The Morgan fingerprint density at radius 1 is 1.31 bits per heavy atom. The fourth-order valence-electron chi connectivity index (χ4n) is 1.40. The van der Waals surface area contributed by atoms with E-state index in [0.717, 1.165) is 10.4 Å². The predicted octanol–water partition coefficient (Wildman–Crippen LogP) is 2.78. The lowest BCUT2D eigenvalue weighted by molar-refractivity contribution is 0.0606. The summed E-state index contributed by atoms with van der Waals surface area (Å²) in [5.74, 6) is -0.305. The molecule has 4 heteroatoms. The van der Waals surface area contributed by atoms with Gasteiger partial charge in [0.1, 0.15) is 4.88 Å². The number of hydrogen-bond acceptors (Lipinski definition) is 4. The lowest BCUT2D eigenvalue weighted by atomic mass is 10.2. The van der Waals surface area contributed by atoms with E-state index >= 15 is 0 Å². The van der Waals surface area contributed by atoms with Gasteiger partial charge in [0, 0.05) is 10.6 Å². The largest absolute Gasteiger partial charge is 0.465 e. The first-order valence-corrected chi connectivity index (χ1v) is 5.56. The molecule has 0 saturated heterocycles. The molecule has 16 heavy (non-hydrogen) atoms. The van der Waals surface area contributed by atoms with Crippen LogP contribution in [0.4, 0.5) is 5.69 Å². The first-order chi connectivity index (χ1) is 7.70. The number of carbonyl (C=O) groups is 1. The zero-order valence-electron chi connectivity index (χ0n) is 8.77. The molecule has 0 radical (unpaired) electrons.